The van der Waals surface area contributed by atoms with Crippen molar-refractivity contribution in [2.75, 3.05) is 57.0 Å². The minimum Gasteiger partial charge on any atom is -0.449 e. The van der Waals surface area contributed by atoms with Gasteiger partial charge in [-0.1, -0.05) is 24.3 Å². The van der Waals surface area contributed by atoms with Crippen LogP contribution in [0, 0.1) is 0 Å². The zero-order valence-corrected chi connectivity index (χ0v) is 19.0. The normalized spacial score (nSPS) is 14.8. The van der Waals surface area contributed by atoms with Crippen LogP contribution in [-0.4, -0.2) is 48.3 Å². The first-order chi connectivity index (χ1) is 14.8. The van der Waals surface area contributed by atoms with Crippen LogP contribution >= 0.6 is 0 Å². The van der Waals surface area contributed by atoms with E-state index < -0.39 is 6.10 Å². The van der Waals surface area contributed by atoms with Crippen LogP contribution in [0.2, 0.25) is 0 Å². The van der Waals surface area contributed by atoms with Crippen molar-refractivity contribution in [1.29, 1.82) is 0 Å². The Morgan fingerprint density at radius 3 is 1.74 bits per heavy atom. The number of nitrogens with zero attached hydrogens (tertiary/aromatic N) is 3. The van der Waals surface area contributed by atoms with Gasteiger partial charge < -0.3 is 19.4 Å². The average molecular weight is 416 g/mol. The second-order valence-corrected chi connectivity index (χ2v) is 8.56. The summed E-state index contributed by atoms with van der Waals surface area (Å²) in [6.45, 7) is 0. The SMILES string of the molecule is CN(C)c1ccc(-c2cc3c(cc2N(C)C)C(=O)OC3c2ccc(N(C)C)cc2)cc1. The lowest BCUT2D eigenvalue weighted by atomic mass is 9.92. The van der Waals surface area contributed by atoms with Gasteiger partial charge in [-0.25, -0.2) is 4.79 Å². The van der Waals surface area contributed by atoms with E-state index >= 15 is 0 Å². The molecule has 1 atom stereocenters. The van der Waals surface area contributed by atoms with Crippen LogP contribution in [0.15, 0.2) is 60.7 Å². The van der Waals surface area contributed by atoms with Crippen molar-refractivity contribution in [2.24, 2.45) is 0 Å². The van der Waals surface area contributed by atoms with Crippen LogP contribution in [0.4, 0.5) is 17.1 Å². The molecule has 3 aromatic rings. The fourth-order valence-corrected chi connectivity index (χ4v) is 3.97. The molecule has 0 bridgehead atoms. The molecule has 1 heterocycles. The summed E-state index contributed by atoms with van der Waals surface area (Å²) < 4.78 is 5.82. The Kier molecular flexibility index (Phi) is 5.36. The molecule has 1 aliphatic heterocycles. The van der Waals surface area contributed by atoms with Crippen molar-refractivity contribution in [3.8, 4) is 11.1 Å². The summed E-state index contributed by atoms with van der Waals surface area (Å²) in [4.78, 5) is 18.9. The van der Waals surface area contributed by atoms with Gasteiger partial charge in [0.2, 0.25) is 0 Å². The molecule has 0 amide bonds. The van der Waals surface area contributed by atoms with Crippen molar-refractivity contribution in [1.82, 2.24) is 0 Å². The van der Waals surface area contributed by atoms with Gasteiger partial charge in [-0.3, -0.25) is 0 Å². The van der Waals surface area contributed by atoms with Crippen molar-refractivity contribution >= 4 is 23.0 Å². The highest BCUT2D eigenvalue weighted by atomic mass is 16.5. The molecule has 0 saturated heterocycles. The molecule has 0 N–H and O–H groups in total. The van der Waals surface area contributed by atoms with E-state index in [9.17, 15) is 4.79 Å². The number of hydrogen-bond donors (Lipinski definition) is 0. The molecule has 5 heteroatoms. The number of rotatable bonds is 5. The maximum Gasteiger partial charge on any atom is 0.339 e. The lowest BCUT2D eigenvalue weighted by Gasteiger charge is -2.21. The van der Waals surface area contributed by atoms with E-state index in [1.165, 1.54) is 0 Å². The predicted molar refractivity (Wildman–Crippen MR) is 129 cm³/mol. The molecule has 1 aliphatic rings. The van der Waals surface area contributed by atoms with Crippen LogP contribution in [0.5, 0.6) is 0 Å². The Balaban J connectivity index is 1.81. The highest BCUT2D eigenvalue weighted by Crippen LogP contribution is 2.42. The molecule has 1 unspecified atom stereocenters. The molecule has 0 spiro atoms. The van der Waals surface area contributed by atoms with Gasteiger partial charge in [-0.05, 0) is 47.5 Å². The van der Waals surface area contributed by atoms with E-state index in [0.29, 0.717) is 5.56 Å². The Morgan fingerprint density at radius 2 is 1.23 bits per heavy atom. The summed E-state index contributed by atoms with van der Waals surface area (Å²) in [5.41, 5.74) is 7.98. The van der Waals surface area contributed by atoms with Crippen molar-refractivity contribution in [2.45, 2.75) is 6.10 Å². The predicted octanol–water partition coefficient (Wildman–Crippen LogP) is 4.81. The Hall–Kier alpha value is -3.47. The van der Waals surface area contributed by atoms with Crippen LogP contribution in [0.3, 0.4) is 0 Å². The maximum atomic E-state index is 12.7. The number of cyclic esters (lactones) is 1. The van der Waals surface area contributed by atoms with E-state index in [1.54, 1.807) is 0 Å². The first-order valence-electron chi connectivity index (χ1n) is 10.4. The minimum absolute atomic E-state index is 0.269. The molecule has 160 valence electrons. The number of ether oxygens (including phenoxy) is 1. The number of fused-ring (bicyclic) bond motifs is 1. The van der Waals surface area contributed by atoms with Gasteiger partial charge in [0.15, 0.2) is 6.10 Å². The molecule has 5 nitrogen and oxygen atoms in total. The van der Waals surface area contributed by atoms with E-state index in [4.69, 9.17) is 4.74 Å². The third-order valence-corrected chi connectivity index (χ3v) is 5.78. The van der Waals surface area contributed by atoms with E-state index in [1.807, 2.05) is 65.4 Å². The summed E-state index contributed by atoms with van der Waals surface area (Å²) in [5, 5.41) is 0. The topological polar surface area (TPSA) is 36.0 Å². The first kappa shape index (κ1) is 20.8. The number of anilines is 3. The maximum absolute atomic E-state index is 12.7. The van der Waals surface area contributed by atoms with Gasteiger partial charge in [-0.15, -0.1) is 0 Å². The number of esters is 1. The van der Waals surface area contributed by atoms with Crippen LogP contribution in [-0.2, 0) is 4.74 Å². The minimum atomic E-state index is -0.394. The van der Waals surface area contributed by atoms with E-state index in [2.05, 4.69) is 52.3 Å². The lowest BCUT2D eigenvalue weighted by Crippen LogP contribution is -2.12. The molecule has 0 aliphatic carbocycles. The first-order valence-corrected chi connectivity index (χ1v) is 10.4. The largest absolute Gasteiger partial charge is 0.449 e. The summed E-state index contributed by atoms with van der Waals surface area (Å²) in [5.74, 6) is -0.269. The van der Waals surface area contributed by atoms with Gasteiger partial charge in [0.1, 0.15) is 0 Å². The summed E-state index contributed by atoms with van der Waals surface area (Å²) in [7, 11) is 12.1. The van der Waals surface area contributed by atoms with Crippen LogP contribution in [0.25, 0.3) is 11.1 Å². The number of hydrogen-bond acceptors (Lipinski definition) is 5. The zero-order chi connectivity index (χ0) is 22.3. The van der Waals surface area contributed by atoms with Crippen molar-refractivity contribution in [3.05, 3.63) is 77.4 Å². The lowest BCUT2D eigenvalue weighted by molar-refractivity contribution is 0.0456. The Morgan fingerprint density at radius 1 is 0.677 bits per heavy atom. The summed E-state index contributed by atoms with van der Waals surface area (Å²) >= 11 is 0. The number of carbonyl (C=O) groups excluding carboxylic acids is 1. The van der Waals surface area contributed by atoms with Gasteiger partial charge in [-0.2, -0.15) is 0 Å². The summed E-state index contributed by atoms with van der Waals surface area (Å²) in [6, 6.07) is 20.7. The third kappa shape index (κ3) is 3.83. The zero-order valence-electron chi connectivity index (χ0n) is 19.0. The Labute approximate surface area is 184 Å². The fourth-order valence-electron chi connectivity index (χ4n) is 3.97. The molecule has 0 aromatic heterocycles. The van der Waals surface area contributed by atoms with Crippen LogP contribution in [0.1, 0.15) is 27.6 Å². The number of benzene rings is 3. The van der Waals surface area contributed by atoms with Gasteiger partial charge in [0.25, 0.3) is 0 Å². The fraction of sp³-hybridized carbons (Fsp3) is 0.269. The highest BCUT2D eigenvalue weighted by Gasteiger charge is 2.34. The van der Waals surface area contributed by atoms with Crippen molar-refractivity contribution < 1.29 is 9.53 Å². The smallest absolute Gasteiger partial charge is 0.339 e. The second kappa shape index (κ2) is 7.99. The molecule has 0 radical (unpaired) electrons. The van der Waals surface area contributed by atoms with E-state index in [0.717, 1.165) is 39.3 Å². The summed E-state index contributed by atoms with van der Waals surface area (Å²) in [6.07, 6.45) is -0.394. The molecule has 4 rings (SSSR count). The molecular weight excluding hydrogens is 386 g/mol. The Bertz CT molecular complexity index is 1100. The molecule has 31 heavy (non-hydrogen) atoms. The third-order valence-electron chi connectivity index (χ3n) is 5.78. The molecular formula is C26H29N3O2. The van der Waals surface area contributed by atoms with Crippen molar-refractivity contribution in [3.63, 3.8) is 0 Å². The van der Waals surface area contributed by atoms with Crippen LogP contribution < -0.4 is 14.7 Å². The quantitative estimate of drug-likeness (QED) is 0.559. The molecule has 0 fully saturated rings. The monoisotopic (exact) mass is 415 g/mol. The molecule has 0 saturated carbocycles. The van der Waals surface area contributed by atoms with Gasteiger partial charge >= 0.3 is 5.97 Å². The standard InChI is InChI=1S/C26H29N3O2/c1-27(2)19-11-7-17(8-12-19)21-15-22-23(16-24(21)29(5)6)26(30)31-25(22)18-9-13-20(14-10-18)28(3)4/h7-16,25H,1-6H3. The molecule has 3 aromatic carbocycles. The average Bonchev–Trinajstić information content (AvgIpc) is 3.08. The second-order valence-electron chi connectivity index (χ2n) is 8.56. The highest BCUT2D eigenvalue weighted by molar-refractivity contribution is 5.98. The van der Waals surface area contributed by atoms with E-state index in [-0.39, 0.29) is 5.97 Å². The number of carbonyl (C=O) groups is 1. The van der Waals surface area contributed by atoms with Gasteiger partial charge in [0.05, 0.1) is 5.56 Å². The van der Waals surface area contributed by atoms with Gasteiger partial charge in [0, 0.05) is 70.5 Å².